The first-order valence-electron chi connectivity index (χ1n) is 6.96. The first kappa shape index (κ1) is 14.7. The molecule has 5 heteroatoms. The van der Waals surface area contributed by atoms with Crippen LogP contribution in [0.15, 0.2) is 18.2 Å². The maximum absolute atomic E-state index is 11.8. The molecule has 1 aliphatic rings. The molecule has 2 rings (SSSR count). The standard InChI is InChI=1S/C15H22N2O3/c1-3-20-14(18)11-6-4-7-12(13(11)16)17-10-15(19-2)8-5-9-15/h4,6-7,17H,3,5,8-10,16H2,1-2H3. The first-order chi connectivity index (χ1) is 9.62. The highest BCUT2D eigenvalue weighted by atomic mass is 16.5. The fourth-order valence-electron chi connectivity index (χ4n) is 2.39. The molecule has 1 aliphatic carbocycles. The largest absolute Gasteiger partial charge is 0.462 e. The summed E-state index contributed by atoms with van der Waals surface area (Å²) in [5, 5.41) is 3.29. The Morgan fingerprint density at radius 2 is 2.20 bits per heavy atom. The van der Waals surface area contributed by atoms with Gasteiger partial charge in [0.2, 0.25) is 0 Å². The second-order valence-electron chi connectivity index (χ2n) is 5.08. The molecule has 0 atom stereocenters. The van der Waals surface area contributed by atoms with E-state index in [4.69, 9.17) is 15.2 Å². The molecule has 0 spiro atoms. The van der Waals surface area contributed by atoms with Crippen LogP contribution in [0.1, 0.15) is 36.5 Å². The molecule has 0 radical (unpaired) electrons. The van der Waals surface area contributed by atoms with Crippen LogP contribution in [-0.2, 0) is 9.47 Å². The number of nitrogens with two attached hydrogens (primary N) is 1. The minimum Gasteiger partial charge on any atom is -0.462 e. The zero-order chi connectivity index (χ0) is 14.6. The number of esters is 1. The summed E-state index contributed by atoms with van der Waals surface area (Å²) in [6.07, 6.45) is 3.29. The number of hydrogen-bond donors (Lipinski definition) is 2. The van der Waals surface area contributed by atoms with Crippen LogP contribution in [0, 0.1) is 0 Å². The summed E-state index contributed by atoms with van der Waals surface area (Å²) in [7, 11) is 1.74. The summed E-state index contributed by atoms with van der Waals surface area (Å²) in [4.78, 5) is 11.8. The lowest BCUT2D eigenvalue weighted by atomic mass is 9.80. The van der Waals surface area contributed by atoms with Crippen molar-refractivity contribution in [2.45, 2.75) is 31.8 Å². The van der Waals surface area contributed by atoms with Crippen LogP contribution < -0.4 is 11.1 Å². The molecule has 110 valence electrons. The van der Waals surface area contributed by atoms with E-state index in [1.165, 1.54) is 6.42 Å². The first-order valence-corrected chi connectivity index (χ1v) is 6.96. The van der Waals surface area contributed by atoms with Gasteiger partial charge in [0, 0.05) is 13.7 Å². The summed E-state index contributed by atoms with van der Waals surface area (Å²) >= 11 is 0. The smallest absolute Gasteiger partial charge is 0.340 e. The van der Waals surface area contributed by atoms with Crippen LogP contribution in [-0.4, -0.2) is 31.8 Å². The van der Waals surface area contributed by atoms with Gasteiger partial charge in [0.05, 0.1) is 29.1 Å². The number of para-hydroxylation sites is 1. The molecule has 0 aliphatic heterocycles. The topological polar surface area (TPSA) is 73.6 Å². The van der Waals surface area contributed by atoms with Crippen LogP contribution in [0.3, 0.4) is 0 Å². The van der Waals surface area contributed by atoms with Crippen molar-refractivity contribution in [1.82, 2.24) is 0 Å². The monoisotopic (exact) mass is 278 g/mol. The number of carbonyl (C=O) groups is 1. The molecule has 0 aromatic heterocycles. The Labute approximate surface area is 119 Å². The third-order valence-corrected chi connectivity index (χ3v) is 3.90. The van der Waals surface area contributed by atoms with Crippen molar-refractivity contribution in [3.05, 3.63) is 23.8 Å². The van der Waals surface area contributed by atoms with E-state index in [9.17, 15) is 4.79 Å². The Kier molecular flexibility index (Phi) is 4.49. The minimum absolute atomic E-state index is 0.0909. The SMILES string of the molecule is CCOC(=O)c1cccc(NCC2(OC)CCC2)c1N. The molecule has 1 saturated carbocycles. The van der Waals surface area contributed by atoms with Gasteiger partial charge in [-0.15, -0.1) is 0 Å². The second-order valence-corrected chi connectivity index (χ2v) is 5.08. The number of nitrogen functional groups attached to an aromatic ring is 1. The average Bonchev–Trinajstić information content (AvgIpc) is 2.40. The van der Waals surface area contributed by atoms with Gasteiger partial charge in [0.1, 0.15) is 0 Å². The number of ether oxygens (including phenoxy) is 2. The van der Waals surface area contributed by atoms with Crippen LogP contribution in [0.4, 0.5) is 11.4 Å². The van der Waals surface area contributed by atoms with E-state index < -0.39 is 5.97 Å². The number of nitrogens with one attached hydrogen (secondary N) is 1. The van der Waals surface area contributed by atoms with Crippen LogP contribution in [0.5, 0.6) is 0 Å². The van der Waals surface area contributed by atoms with Gasteiger partial charge in [-0.3, -0.25) is 0 Å². The number of methoxy groups -OCH3 is 1. The Morgan fingerprint density at radius 3 is 2.75 bits per heavy atom. The number of carbonyl (C=O) groups excluding carboxylic acids is 1. The van der Waals surface area contributed by atoms with Crippen molar-refractivity contribution in [3.8, 4) is 0 Å². The van der Waals surface area contributed by atoms with Crippen molar-refractivity contribution in [3.63, 3.8) is 0 Å². The molecule has 1 aromatic rings. The van der Waals surface area contributed by atoms with Gasteiger partial charge in [-0.25, -0.2) is 4.79 Å². The zero-order valence-corrected chi connectivity index (χ0v) is 12.1. The van der Waals surface area contributed by atoms with E-state index in [-0.39, 0.29) is 5.60 Å². The molecular weight excluding hydrogens is 256 g/mol. The molecule has 3 N–H and O–H groups in total. The van der Waals surface area contributed by atoms with Crippen molar-refractivity contribution in [2.24, 2.45) is 0 Å². The maximum Gasteiger partial charge on any atom is 0.340 e. The molecule has 0 saturated heterocycles. The summed E-state index contributed by atoms with van der Waals surface area (Å²) in [5.41, 5.74) is 7.53. The molecule has 0 amide bonds. The Morgan fingerprint density at radius 1 is 1.45 bits per heavy atom. The van der Waals surface area contributed by atoms with Gasteiger partial charge in [-0.2, -0.15) is 0 Å². The molecule has 0 bridgehead atoms. The minimum atomic E-state index is -0.390. The Hall–Kier alpha value is -1.75. The lowest BCUT2D eigenvalue weighted by molar-refractivity contribution is -0.0601. The fourth-order valence-corrected chi connectivity index (χ4v) is 2.39. The summed E-state index contributed by atoms with van der Waals surface area (Å²) in [6, 6.07) is 5.33. The quantitative estimate of drug-likeness (QED) is 0.617. The van der Waals surface area contributed by atoms with E-state index in [0.29, 0.717) is 24.4 Å². The lowest BCUT2D eigenvalue weighted by Gasteiger charge is -2.40. The maximum atomic E-state index is 11.8. The summed E-state index contributed by atoms with van der Waals surface area (Å²) in [5.74, 6) is -0.390. The average molecular weight is 278 g/mol. The van der Waals surface area contributed by atoms with E-state index in [2.05, 4.69) is 5.32 Å². The van der Waals surface area contributed by atoms with E-state index in [0.717, 1.165) is 18.5 Å². The number of hydrogen-bond acceptors (Lipinski definition) is 5. The second kappa shape index (κ2) is 6.13. The summed E-state index contributed by atoms with van der Waals surface area (Å²) in [6.45, 7) is 2.80. The highest BCUT2D eigenvalue weighted by Crippen LogP contribution is 2.35. The van der Waals surface area contributed by atoms with Crippen LogP contribution >= 0.6 is 0 Å². The third kappa shape index (κ3) is 2.88. The van der Waals surface area contributed by atoms with Crippen molar-refractivity contribution < 1.29 is 14.3 Å². The van der Waals surface area contributed by atoms with Crippen LogP contribution in [0.25, 0.3) is 0 Å². The summed E-state index contributed by atoms with van der Waals surface area (Å²) < 4.78 is 10.5. The number of anilines is 2. The number of rotatable bonds is 6. The van der Waals surface area contributed by atoms with Gasteiger partial charge < -0.3 is 20.5 Å². The normalized spacial score (nSPS) is 16.3. The van der Waals surface area contributed by atoms with E-state index in [1.54, 1.807) is 26.2 Å². The van der Waals surface area contributed by atoms with E-state index in [1.807, 2.05) is 6.07 Å². The van der Waals surface area contributed by atoms with Gasteiger partial charge >= 0.3 is 5.97 Å². The predicted octanol–water partition coefficient (Wildman–Crippen LogP) is 2.43. The van der Waals surface area contributed by atoms with Crippen molar-refractivity contribution >= 4 is 17.3 Å². The molecular formula is C15H22N2O3. The fraction of sp³-hybridized carbons (Fsp3) is 0.533. The third-order valence-electron chi connectivity index (χ3n) is 3.90. The van der Waals surface area contributed by atoms with Crippen molar-refractivity contribution in [2.75, 3.05) is 31.3 Å². The Bertz CT molecular complexity index is 478. The highest BCUT2D eigenvalue weighted by Gasteiger charge is 2.36. The van der Waals surface area contributed by atoms with Gasteiger partial charge in [-0.1, -0.05) is 6.07 Å². The van der Waals surface area contributed by atoms with Gasteiger partial charge in [-0.05, 0) is 38.3 Å². The lowest BCUT2D eigenvalue weighted by Crippen LogP contribution is -2.45. The molecule has 20 heavy (non-hydrogen) atoms. The van der Waals surface area contributed by atoms with Crippen molar-refractivity contribution in [1.29, 1.82) is 0 Å². The molecule has 1 aromatic carbocycles. The number of benzene rings is 1. The molecule has 0 unspecified atom stereocenters. The highest BCUT2D eigenvalue weighted by molar-refractivity contribution is 5.98. The van der Waals surface area contributed by atoms with Gasteiger partial charge in [0.25, 0.3) is 0 Å². The van der Waals surface area contributed by atoms with Crippen LogP contribution in [0.2, 0.25) is 0 Å². The van der Waals surface area contributed by atoms with E-state index >= 15 is 0 Å². The molecule has 0 heterocycles. The zero-order valence-electron chi connectivity index (χ0n) is 12.1. The predicted molar refractivity (Wildman–Crippen MR) is 78.9 cm³/mol. The molecule has 5 nitrogen and oxygen atoms in total. The Balaban J connectivity index is 2.08. The molecule has 1 fully saturated rings. The van der Waals surface area contributed by atoms with Gasteiger partial charge in [0.15, 0.2) is 0 Å².